The van der Waals surface area contributed by atoms with Gasteiger partial charge in [0.25, 0.3) is 5.91 Å². The van der Waals surface area contributed by atoms with E-state index >= 15 is 0 Å². The third-order valence-electron chi connectivity index (χ3n) is 3.11. The number of rotatable bonds is 7. The van der Waals surface area contributed by atoms with Crippen molar-refractivity contribution in [2.75, 3.05) is 13.2 Å². The van der Waals surface area contributed by atoms with E-state index in [9.17, 15) is 14.4 Å². The summed E-state index contributed by atoms with van der Waals surface area (Å²) in [6.45, 7) is 6.72. The molecule has 0 spiro atoms. The van der Waals surface area contributed by atoms with Crippen LogP contribution >= 0.6 is 11.6 Å². The van der Waals surface area contributed by atoms with Crippen molar-refractivity contribution >= 4 is 29.6 Å². The summed E-state index contributed by atoms with van der Waals surface area (Å²) in [7, 11) is 0. The lowest BCUT2D eigenvalue weighted by Crippen LogP contribution is -2.34. The molecule has 0 aliphatic heterocycles. The fourth-order valence-electron chi connectivity index (χ4n) is 1.92. The zero-order valence-corrected chi connectivity index (χ0v) is 16.2. The highest BCUT2D eigenvalue weighted by Crippen LogP contribution is 2.15. The van der Waals surface area contributed by atoms with Gasteiger partial charge < -0.3 is 20.1 Å². The summed E-state index contributed by atoms with van der Waals surface area (Å²) in [5.74, 6) is -1.00. The van der Waals surface area contributed by atoms with Crippen molar-refractivity contribution in [2.45, 2.75) is 45.8 Å². The number of nitrogens with one attached hydrogen (secondary N) is 2. The van der Waals surface area contributed by atoms with Crippen molar-refractivity contribution < 1.29 is 23.9 Å². The maximum absolute atomic E-state index is 11.8. The number of ether oxygens (including phenoxy) is 2. The molecule has 0 bridgehead atoms. The van der Waals surface area contributed by atoms with E-state index in [1.165, 1.54) is 0 Å². The smallest absolute Gasteiger partial charge is 0.407 e. The zero-order valence-electron chi connectivity index (χ0n) is 15.4. The minimum absolute atomic E-state index is 0.0563. The summed E-state index contributed by atoms with van der Waals surface area (Å²) < 4.78 is 9.91. The van der Waals surface area contributed by atoms with Gasteiger partial charge in [0.2, 0.25) is 0 Å². The first-order valence-corrected chi connectivity index (χ1v) is 8.62. The van der Waals surface area contributed by atoms with Crippen LogP contribution in [0.15, 0.2) is 24.3 Å². The van der Waals surface area contributed by atoms with Crippen LogP contribution in [-0.4, -0.2) is 36.7 Å². The normalized spacial score (nSPS) is 12.0. The highest BCUT2D eigenvalue weighted by atomic mass is 35.5. The van der Waals surface area contributed by atoms with Gasteiger partial charge in [-0.2, -0.15) is 0 Å². The second-order valence-electron chi connectivity index (χ2n) is 6.68. The van der Waals surface area contributed by atoms with Gasteiger partial charge in [-0.3, -0.25) is 9.59 Å². The molecule has 0 aromatic heterocycles. The Bertz CT molecular complexity index is 625. The number of hydrogen-bond donors (Lipinski definition) is 2. The molecule has 2 N–H and O–H groups in total. The Morgan fingerprint density at radius 3 is 2.35 bits per heavy atom. The highest BCUT2D eigenvalue weighted by Gasteiger charge is 2.16. The molecule has 144 valence electrons. The summed E-state index contributed by atoms with van der Waals surface area (Å²) in [5, 5.41) is 5.78. The molecule has 0 radical (unpaired) electrons. The first-order valence-electron chi connectivity index (χ1n) is 8.24. The largest absolute Gasteiger partial charge is 0.456 e. The molecule has 1 aromatic carbocycles. The molecule has 0 fully saturated rings. The van der Waals surface area contributed by atoms with Gasteiger partial charge in [0.1, 0.15) is 5.60 Å². The third-order valence-corrected chi connectivity index (χ3v) is 3.36. The topological polar surface area (TPSA) is 93.7 Å². The van der Waals surface area contributed by atoms with Crippen LogP contribution in [0, 0.1) is 0 Å². The van der Waals surface area contributed by atoms with Gasteiger partial charge in [-0.1, -0.05) is 23.7 Å². The number of benzene rings is 1. The standard InChI is InChI=1S/C18H25ClN2O5/c1-12(13-5-7-14(19)8-6-13)21-15(22)11-25-16(23)9-10-20-17(24)26-18(2,3)4/h5-8,12H,9-11H2,1-4H3,(H,20,24)(H,21,22)/t12-/m1/s1. The lowest BCUT2D eigenvalue weighted by molar-refractivity contribution is -0.148. The maximum Gasteiger partial charge on any atom is 0.407 e. The number of alkyl carbamates (subject to hydrolysis) is 1. The molecule has 7 nitrogen and oxygen atoms in total. The van der Waals surface area contributed by atoms with E-state index in [1.807, 2.05) is 19.1 Å². The fourth-order valence-corrected chi connectivity index (χ4v) is 2.04. The molecule has 0 aliphatic rings. The zero-order chi connectivity index (χ0) is 19.7. The van der Waals surface area contributed by atoms with Gasteiger partial charge in [-0.25, -0.2) is 4.79 Å². The molecule has 0 saturated heterocycles. The van der Waals surface area contributed by atoms with E-state index in [-0.39, 0.29) is 25.6 Å². The van der Waals surface area contributed by atoms with Gasteiger partial charge >= 0.3 is 12.1 Å². The van der Waals surface area contributed by atoms with Gasteiger partial charge in [0.15, 0.2) is 6.61 Å². The Kier molecular flexibility index (Phi) is 8.38. The molecule has 0 aliphatic carbocycles. The molecule has 1 atom stereocenters. The fraction of sp³-hybridized carbons (Fsp3) is 0.500. The maximum atomic E-state index is 11.8. The summed E-state index contributed by atoms with van der Waals surface area (Å²) in [6.07, 6.45) is -0.668. The molecule has 0 saturated carbocycles. The summed E-state index contributed by atoms with van der Waals surface area (Å²) >= 11 is 5.82. The predicted octanol–water partition coefficient (Wildman–Crippen LogP) is 2.98. The van der Waals surface area contributed by atoms with Crippen LogP contribution in [0.25, 0.3) is 0 Å². The number of hydrogen-bond acceptors (Lipinski definition) is 5. The van der Waals surface area contributed by atoms with Crippen molar-refractivity contribution in [2.24, 2.45) is 0 Å². The van der Waals surface area contributed by atoms with Crippen molar-refractivity contribution in [3.05, 3.63) is 34.9 Å². The van der Waals surface area contributed by atoms with Crippen molar-refractivity contribution in [1.82, 2.24) is 10.6 Å². The molecule has 0 unspecified atom stereocenters. The van der Waals surface area contributed by atoms with Crippen LogP contribution in [0.2, 0.25) is 5.02 Å². The Hall–Kier alpha value is -2.28. The molecule has 1 rings (SSSR count). The van der Waals surface area contributed by atoms with E-state index in [1.54, 1.807) is 32.9 Å². The Morgan fingerprint density at radius 1 is 1.15 bits per heavy atom. The van der Waals surface area contributed by atoms with Crippen molar-refractivity contribution in [3.63, 3.8) is 0 Å². The Balaban J connectivity index is 2.24. The number of esters is 1. The first-order chi connectivity index (χ1) is 12.1. The molecule has 1 aromatic rings. The van der Waals surface area contributed by atoms with E-state index in [0.29, 0.717) is 5.02 Å². The minimum atomic E-state index is -0.611. The van der Waals surface area contributed by atoms with Gasteiger partial charge in [-0.15, -0.1) is 0 Å². The second kappa shape index (κ2) is 10.0. The summed E-state index contributed by atoms with van der Waals surface area (Å²) in [5.41, 5.74) is 0.277. The predicted molar refractivity (Wildman–Crippen MR) is 97.8 cm³/mol. The van der Waals surface area contributed by atoms with E-state index in [2.05, 4.69) is 10.6 Å². The number of amides is 2. The summed E-state index contributed by atoms with van der Waals surface area (Å²) in [4.78, 5) is 34.9. The second-order valence-corrected chi connectivity index (χ2v) is 7.12. The van der Waals surface area contributed by atoms with Crippen LogP contribution in [0.1, 0.15) is 45.7 Å². The van der Waals surface area contributed by atoms with Crippen LogP contribution in [0.3, 0.4) is 0 Å². The lowest BCUT2D eigenvalue weighted by atomic mass is 10.1. The Morgan fingerprint density at radius 2 is 1.77 bits per heavy atom. The number of carbonyl (C=O) groups excluding carboxylic acids is 3. The average molecular weight is 385 g/mol. The van der Waals surface area contributed by atoms with E-state index in [4.69, 9.17) is 21.1 Å². The monoisotopic (exact) mass is 384 g/mol. The molecule has 0 heterocycles. The quantitative estimate of drug-likeness (QED) is 0.705. The third kappa shape index (κ3) is 9.27. The van der Waals surface area contributed by atoms with Gasteiger partial charge in [-0.05, 0) is 45.4 Å². The summed E-state index contributed by atoms with van der Waals surface area (Å²) in [6, 6.07) is 6.84. The van der Waals surface area contributed by atoms with Crippen LogP contribution in [-0.2, 0) is 19.1 Å². The number of halogens is 1. The van der Waals surface area contributed by atoms with Crippen molar-refractivity contribution in [3.8, 4) is 0 Å². The van der Waals surface area contributed by atoms with Crippen LogP contribution in [0.4, 0.5) is 4.79 Å². The van der Waals surface area contributed by atoms with Crippen LogP contribution < -0.4 is 10.6 Å². The molecule has 2 amide bonds. The van der Waals surface area contributed by atoms with E-state index in [0.717, 1.165) is 5.56 Å². The van der Waals surface area contributed by atoms with Crippen LogP contribution in [0.5, 0.6) is 0 Å². The van der Waals surface area contributed by atoms with Gasteiger partial charge in [0.05, 0.1) is 12.5 Å². The van der Waals surface area contributed by atoms with Gasteiger partial charge in [0, 0.05) is 11.6 Å². The van der Waals surface area contributed by atoms with E-state index < -0.39 is 23.6 Å². The molecular weight excluding hydrogens is 360 g/mol. The SMILES string of the molecule is C[C@@H](NC(=O)COC(=O)CCNC(=O)OC(C)(C)C)c1ccc(Cl)cc1. The Labute approximate surface area is 158 Å². The first kappa shape index (κ1) is 21.8. The molecule has 8 heteroatoms. The lowest BCUT2D eigenvalue weighted by Gasteiger charge is -2.19. The highest BCUT2D eigenvalue weighted by molar-refractivity contribution is 6.30. The molecular formula is C18H25ClN2O5. The average Bonchev–Trinajstić information content (AvgIpc) is 2.51. The number of carbonyl (C=O) groups is 3. The minimum Gasteiger partial charge on any atom is -0.456 e. The molecule has 26 heavy (non-hydrogen) atoms. The van der Waals surface area contributed by atoms with Crippen molar-refractivity contribution in [1.29, 1.82) is 0 Å².